The smallest absolute Gasteiger partial charge is 0.259 e. The minimum Gasteiger partial charge on any atom is -0.354 e. The van der Waals surface area contributed by atoms with Gasteiger partial charge in [-0.3, -0.25) is 18.9 Å². The van der Waals surface area contributed by atoms with E-state index in [1.54, 1.807) is 11.9 Å². The van der Waals surface area contributed by atoms with Gasteiger partial charge in [-0.25, -0.2) is 0 Å². The summed E-state index contributed by atoms with van der Waals surface area (Å²) in [5.41, 5.74) is 5.72. The van der Waals surface area contributed by atoms with Gasteiger partial charge in [-0.1, -0.05) is 49.7 Å². The summed E-state index contributed by atoms with van der Waals surface area (Å²) in [5, 5.41) is 7.91. The molecule has 5 rings (SSSR count). The van der Waals surface area contributed by atoms with Gasteiger partial charge in [0, 0.05) is 22.7 Å². The number of hydrogen-bond acceptors (Lipinski definition) is 4. The maximum atomic E-state index is 12.9. The van der Waals surface area contributed by atoms with Gasteiger partial charge in [0.25, 0.3) is 11.8 Å². The normalized spacial score (nSPS) is 13.1. The maximum Gasteiger partial charge on any atom is 0.259 e. The van der Waals surface area contributed by atoms with Crippen molar-refractivity contribution >= 4 is 56.9 Å². The molecule has 0 saturated heterocycles. The van der Waals surface area contributed by atoms with Crippen molar-refractivity contribution in [2.24, 2.45) is 0 Å². The summed E-state index contributed by atoms with van der Waals surface area (Å²) < 4.78 is 2.16. The zero-order valence-corrected chi connectivity index (χ0v) is 17.6. The predicted octanol–water partition coefficient (Wildman–Crippen LogP) is 5.50. The van der Waals surface area contributed by atoms with Crippen LogP contribution in [0.3, 0.4) is 0 Å². The van der Waals surface area contributed by atoms with Crippen molar-refractivity contribution < 1.29 is 9.59 Å². The zero-order chi connectivity index (χ0) is 20.8. The van der Waals surface area contributed by atoms with Crippen molar-refractivity contribution in [1.82, 2.24) is 9.29 Å². The quantitative estimate of drug-likeness (QED) is 0.423. The van der Waals surface area contributed by atoms with Crippen molar-refractivity contribution in [3.05, 3.63) is 71.3 Å². The summed E-state index contributed by atoms with van der Waals surface area (Å²) in [7, 11) is 0. The number of rotatable bonds is 5. The zero-order valence-electron chi connectivity index (χ0n) is 16.8. The molecule has 3 aromatic carbocycles. The maximum absolute atomic E-state index is 12.9. The highest BCUT2D eigenvalue weighted by molar-refractivity contribution is 7.97. The second-order valence-electron chi connectivity index (χ2n) is 7.35. The van der Waals surface area contributed by atoms with Crippen LogP contribution >= 0.6 is 11.9 Å². The molecule has 2 heterocycles. The van der Waals surface area contributed by atoms with Gasteiger partial charge in [-0.15, -0.1) is 0 Å². The number of fused-ring (bicyclic) bond motifs is 5. The summed E-state index contributed by atoms with van der Waals surface area (Å²) in [6.45, 7) is 2.09. The van der Waals surface area contributed by atoms with E-state index in [-0.39, 0.29) is 11.8 Å². The molecule has 0 saturated carbocycles. The van der Waals surface area contributed by atoms with Crippen LogP contribution in [0.5, 0.6) is 0 Å². The fraction of sp³-hybridized carbons (Fsp3) is 0.167. The number of nitrogens with one attached hydrogen (secondary N) is 2. The summed E-state index contributed by atoms with van der Waals surface area (Å²) >= 11 is 1.59. The van der Waals surface area contributed by atoms with Crippen LogP contribution in [0.2, 0.25) is 0 Å². The van der Waals surface area contributed by atoms with E-state index in [4.69, 9.17) is 0 Å². The van der Waals surface area contributed by atoms with Crippen molar-refractivity contribution in [1.29, 1.82) is 0 Å². The number of carbonyl (C=O) groups excluding carboxylic acids is 2. The molecule has 0 bridgehead atoms. The lowest BCUT2D eigenvalue weighted by molar-refractivity contribution is 0.0880. The Labute approximate surface area is 178 Å². The summed E-state index contributed by atoms with van der Waals surface area (Å²) in [4.78, 5) is 25.7. The second-order valence-corrected chi connectivity index (χ2v) is 8.08. The molecule has 0 atom stereocenters. The predicted molar refractivity (Wildman–Crippen MR) is 124 cm³/mol. The number of para-hydroxylation sites is 2. The molecule has 1 aromatic heterocycles. The standard InChI is InChI=1S/C24H21N3O2S/c1-3-9-16-19-20(24(29)26-23(19)28)18-15-12-7-8-13-17(15)27(30-2)22(18)21(16)25-14-10-5-4-6-11-14/h4-8,10-13,25H,3,9H2,1-2H3,(H,26,28,29). The van der Waals surface area contributed by atoms with E-state index < -0.39 is 0 Å². The lowest BCUT2D eigenvalue weighted by Gasteiger charge is -2.18. The minimum absolute atomic E-state index is 0.308. The molecule has 4 aromatic rings. The van der Waals surface area contributed by atoms with E-state index in [2.05, 4.69) is 27.6 Å². The van der Waals surface area contributed by atoms with E-state index in [9.17, 15) is 9.59 Å². The van der Waals surface area contributed by atoms with Crippen molar-refractivity contribution in [2.45, 2.75) is 19.8 Å². The summed E-state index contributed by atoms with van der Waals surface area (Å²) in [5.74, 6) is -0.620. The fourth-order valence-corrected chi connectivity index (χ4v) is 5.15. The molecule has 2 N–H and O–H groups in total. The van der Waals surface area contributed by atoms with Gasteiger partial charge in [-0.05, 0) is 42.1 Å². The van der Waals surface area contributed by atoms with E-state index in [0.717, 1.165) is 45.2 Å². The molecule has 0 radical (unpaired) electrons. The highest BCUT2D eigenvalue weighted by atomic mass is 32.2. The Bertz CT molecular complexity index is 1330. The monoisotopic (exact) mass is 415 g/mol. The Morgan fingerprint density at radius 3 is 2.40 bits per heavy atom. The van der Waals surface area contributed by atoms with E-state index in [1.165, 1.54) is 0 Å². The Morgan fingerprint density at radius 2 is 1.67 bits per heavy atom. The van der Waals surface area contributed by atoms with Gasteiger partial charge in [0.15, 0.2) is 0 Å². The van der Waals surface area contributed by atoms with Gasteiger partial charge in [0.05, 0.1) is 27.8 Å². The number of hydrogen-bond donors (Lipinski definition) is 2. The second kappa shape index (κ2) is 7.22. The third-order valence-corrected chi connectivity index (χ3v) is 6.32. The van der Waals surface area contributed by atoms with Crippen LogP contribution in [0.4, 0.5) is 11.4 Å². The molecule has 0 unspecified atom stereocenters. The van der Waals surface area contributed by atoms with Crippen LogP contribution in [0.1, 0.15) is 39.6 Å². The van der Waals surface area contributed by atoms with Crippen molar-refractivity contribution in [3.63, 3.8) is 0 Å². The number of aromatic nitrogens is 1. The van der Waals surface area contributed by atoms with Crippen LogP contribution < -0.4 is 10.6 Å². The Kier molecular flexibility index (Phi) is 4.51. The molecular formula is C24H21N3O2S. The lowest BCUT2D eigenvalue weighted by atomic mass is 9.92. The Morgan fingerprint density at radius 1 is 0.967 bits per heavy atom. The lowest BCUT2D eigenvalue weighted by Crippen LogP contribution is -2.20. The van der Waals surface area contributed by atoms with E-state index in [0.29, 0.717) is 17.5 Å². The average Bonchev–Trinajstić information content (AvgIpc) is 3.24. The molecule has 0 aliphatic carbocycles. The molecule has 150 valence electrons. The SMILES string of the molecule is CCCc1c2c(c3c4ccccc4n(SC)c3c1Nc1ccccc1)C(=O)NC2=O. The number of amides is 2. The molecule has 1 aliphatic heterocycles. The first-order valence-corrected chi connectivity index (χ1v) is 11.2. The number of imide groups is 1. The first kappa shape index (κ1) is 18.8. The first-order chi connectivity index (χ1) is 14.7. The highest BCUT2D eigenvalue weighted by Gasteiger charge is 2.36. The first-order valence-electron chi connectivity index (χ1n) is 9.99. The van der Waals surface area contributed by atoms with Crippen LogP contribution in [-0.2, 0) is 6.42 Å². The molecule has 2 amide bonds. The van der Waals surface area contributed by atoms with E-state index >= 15 is 0 Å². The third kappa shape index (κ3) is 2.64. The van der Waals surface area contributed by atoms with Crippen LogP contribution in [-0.4, -0.2) is 22.0 Å². The summed E-state index contributed by atoms with van der Waals surface area (Å²) in [6, 6.07) is 18.0. The number of nitrogens with zero attached hydrogens (tertiary/aromatic N) is 1. The van der Waals surface area contributed by atoms with Crippen LogP contribution in [0, 0.1) is 0 Å². The van der Waals surface area contributed by atoms with Gasteiger partial charge in [0.2, 0.25) is 0 Å². The topological polar surface area (TPSA) is 63.1 Å². The van der Waals surface area contributed by atoms with Crippen molar-refractivity contribution in [2.75, 3.05) is 11.6 Å². The molecule has 6 heteroatoms. The van der Waals surface area contributed by atoms with Crippen LogP contribution in [0.15, 0.2) is 54.6 Å². The minimum atomic E-state index is -0.312. The summed E-state index contributed by atoms with van der Waals surface area (Å²) in [6.07, 6.45) is 3.59. The van der Waals surface area contributed by atoms with Gasteiger partial charge >= 0.3 is 0 Å². The Hall–Kier alpha value is -3.25. The van der Waals surface area contributed by atoms with Gasteiger partial charge < -0.3 is 5.32 Å². The molecular weight excluding hydrogens is 394 g/mol. The fourth-order valence-electron chi connectivity index (χ4n) is 4.43. The molecule has 5 nitrogen and oxygen atoms in total. The third-order valence-electron chi connectivity index (χ3n) is 5.58. The number of carbonyl (C=O) groups is 2. The highest BCUT2D eigenvalue weighted by Crippen LogP contribution is 2.45. The van der Waals surface area contributed by atoms with E-state index in [1.807, 2.05) is 54.8 Å². The number of anilines is 2. The number of benzene rings is 3. The molecule has 30 heavy (non-hydrogen) atoms. The average molecular weight is 416 g/mol. The van der Waals surface area contributed by atoms with Crippen LogP contribution in [0.25, 0.3) is 21.8 Å². The van der Waals surface area contributed by atoms with Gasteiger partial charge in [-0.2, -0.15) is 0 Å². The molecule has 0 spiro atoms. The Balaban J connectivity index is 1.99. The van der Waals surface area contributed by atoms with Crippen molar-refractivity contribution in [3.8, 4) is 0 Å². The van der Waals surface area contributed by atoms with Gasteiger partial charge in [0.1, 0.15) is 0 Å². The molecule has 0 fully saturated rings. The largest absolute Gasteiger partial charge is 0.354 e. The molecule has 1 aliphatic rings.